The zero-order chi connectivity index (χ0) is 10.8. The average Bonchev–Trinajstić information content (AvgIpc) is 2.51. The maximum absolute atomic E-state index is 11.7. The van der Waals surface area contributed by atoms with Crippen LogP contribution >= 0.6 is 22.9 Å². The lowest BCUT2D eigenvalue weighted by molar-refractivity contribution is 0.518. The van der Waals surface area contributed by atoms with E-state index in [9.17, 15) is 4.21 Å². The van der Waals surface area contributed by atoms with E-state index in [0.29, 0.717) is 11.7 Å². The third kappa shape index (κ3) is 3.03. The molecule has 1 aliphatic heterocycles. The van der Waals surface area contributed by atoms with Crippen LogP contribution in [0.5, 0.6) is 0 Å². The molecule has 1 saturated heterocycles. The third-order valence-electron chi connectivity index (χ3n) is 2.53. The predicted octanol–water partition coefficient (Wildman–Crippen LogP) is 2.43. The molecule has 1 aromatic heterocycles. The van der Waals surface area contributed by atoms with Crippen molar-refractivity contribution in [2.45, 2.75) is 13.0 Å². The standard InChI is InChI=1S/C10H14ClNOS2/c1-7-3-12-9(6-15(13)5-7)8-2-10(11)14-4-8/h2,4,7,9,12H,3,5-6H2,1H3. The van der Waals surface area contributed by atoms with Crippen LogP contribution in [0, 0.1) is 5.92 Å². The Morgan fingerprint density at radius 3 is 3.07 bits per heavy atom. The Hall–Kier alpha value is 0.1000. The molecule has 15 heavy (non-hydrogen) atoms. The Morgan fingerprint density at radius 1 is 1.60 bits per heavy atom. The Bertz CT molecular complexity index is 366. The van der Waals surface area contributed by atoms with Gasteiger partial charge in [-0.3, -0.25) is 4.21 Å². The molecule has 0 radical (unpaired) electrons. The minimum Gasteiger partial charge on any atom is -0.309 e. The number of thiophene rings is 1. The summed E-state index contributed by atoms with van der Waals surface area (Å²) in [6.45, 7) is 3.07. The average molecular weight is 264 g/mol. The lowest BCUT2D eigenvalue weighted by Gasteiger charge is -2.13. The van der Waals surface area contributed by atoms with E-state index in [2.05, 4.69) is 12.2 Å². The fourth-order valence-corrected chi connectivity index (χ4v) is 4.27. The molecule has 0 spiro atoms. The molecule has 1 aromatic rings. The topological polar surface area (TPSA) is 29.1 Å². The first-order chi connectivity index (χ1) is 7.15. The summed E-state index contributed by atoms with van der Waals surface area (Å²) in [5.41, 5.74) is 1.17. The van der Waals surface area contributed by atoms with Gasteiger partial charge in [0.05, 0.1) is 4.34 Å². The van der Waals surface area contributed by atoms with Crippen molar-refractivity contribution >= 4 is 33.7 Å². The first-order valence-corrected chi connectivity index (χ1v) is 7.72. The number of hydrogen-bond donors (Lipinski definition) is 1. The predicted molar refractivity (Wildman–Crippen MR) is 67.1 cm³/mol. The van der Waals surface area contributed by atoms with Crippen LogP contribution in [-0.2, 0) is 10.8 Å². The van der Waals surface area contributed by atoms with Crippen LogP contribution in [0.3, 0.4) is 0 Å². The summed E-state index contributed by atoms with van der Waals surface area (Å²) >= 11 is 7.43. The Labute approximate surface area is 101 Å². The van der Waals surface area contributed by atoms with E-state index in [4.69, 9.17) is 11.6 Å². The summed E-state index contributed by atoms with van der Waals surface area (Å²) in [7, 11) is -0.710. The molecule has 84 valence electrons. The van der Waals surface area contributed by atoms with Crippen LogP contribution in [0.15, 0.2) is 11.4 Å². The van der Waals surface area contributed by atoms with Crippen molar-refractivity contribution in [3.05, 3.63) is 21.3 Å². The molecular weight excluding hydrogens is 250 g/mol. The molecule has 2 rings (SSSR count). The van der Waals surface area contributed by atoms with E-state index >= 15 is 0 Å². The summed E-state index contributed by atoms with van der Waals surface area (Å²) in [6, 6.07) is 2.18. The number of nitrogens with one attached hydrogen (secondary N) is 1. The smallest absolute Gasteiger partial charge is 0.0931 e. The molecule has 0 aliphatic carbocycles. The summed E-state index contributed by atoms with van der Waals surface area (Å²) in [6.07, 6.45) is 0. The van der Waals surface area contributed by atoms with Gasteiger partial charge in [-0.25, -0.2) is 0 Å². The lowest BCUT2D eigenvalue weighted by atomic mass is 10.1. The van der Waals surface area contributed by atoms with E-state index in [1.165, 1.54) is 16.9 Å². The molecule has 2 heterocycles. The normalized spacial score (nSPS) is 32.5. The molecular formula is C10H14ClNOS2. The summed E-state index contributed by atoms with van der Waals surface area (Å²) in [5.74, 6) is 2.00. The molecule has 2 nitrogen and oxygen atoms in total. The molecule has 0 amide bonds. The SMILES string of the molecule is CC1CNC(c2csc(Cl)c2)CS(=O)C1. The Kier molecular flexibility index (Phi) is 3.83. The van der Waals surface area contributed by atoms with Crippen molar-refractivity contribution in [2.24, 2.45) is 5.92 Å². The van der Waals surface area contributed by atoms with Crippen LogP contribution in [0.4, 0.5) is 0 Å². The summed E-state index contributed by atoms with van der Waals surface area (Å²) < 4.78 is 12.5. The van der Waals surface area contributed by atoms with Gasteiger partial charge < -0.3 is 5.32 Å². The van der Waals surface area contributed by atoms with Crippen molar-refractivity contribution < 1.29 is 4.21 Å². The molecule has 0 bridgehead atoms. The van der Waals surface area contributed by atoms with Crippen LogP contribution in [0.2, 0.25) is 4.34 Å². The van der Waals surface area contributed by atoms with E-state index in [-0.39, 0.29) is 6.04 Å². The van der Waals surface area contributed by atoms with Gasteiger partial charge in [-0.05, 0) is 29.5 Å². The number of hydrogen-bond acceptors (Lipinski definition) is 3. The van der Waals surface area contributed by atoms with Gasteiger partial charge in [-0.2, -0.15) is 0 Å². The summed E-state index contributed by atoms with van der Waals surface area (Å²) in [4.78, 5) is 0. The van der Waals surface area contributed by atoms with Crippen LogP contribution in [0.25, 0.3) is 0 Å². The maximum Gasteiger partial charge on any atom is 0.0931 e. The Morgan fingerprint density at radius 2 is 2.40 bits per heavy atom. The van der Waals surface area contributed by atoms with Crippen molar-refractivity contribution in [3.63, 3.8) is 0 Å². The quantitative estimate of drug-likeness (QED) is 0.843. The van der Waals surface area contributed by atoms with Gasteiger partial charge in [0.15, 0.2) is 0 Å². The van der Waals surface area contributed by atoms with Gasteiger partial charge in [0.25, 0.3) is 0 Å². The second-order valence-corrected chi connectivity index (χ2v) is 7.11. The molecule has 1 fully saturated rings. The second-order valence-electron chi connectivity index (χ2n) is 4.02. The fourth-order valence-electron chi connectivity index (χ4n) is 1.75. The third-order valence-corrected chi connectivity index (χ3v) is 5.28. The van der Waals surface area contributed by atoms with Crippen molar-refractivity contribution in [1.82, 2.24) is 5.32 Å². The van der Waals surface area contributed by atoms with Crippen molar-refractivity contribution in [2.75, 3.05) is 18.1 Å². The van der Waals surface area contributed by atoms with Gasteiger partial charge in [-0.1, -0.05) is 18.5 Å². The summed E-state index contributed by atoms with van der Waals surface area (Å²) in [5, 5.41) is 5.50. The van der Waals surface area contributed by atoms with Gasteiger partial charge in [0, 0.05) is 28.3 Å². The van der Waals surface area contributed by atoms with Crippen molar-refractivity contribution in [1.29, 1.82) is 0 Å². The number of rotatable bonds is 1. The largest absolute Gasteiger partial charge is 0.309 e. The highest BCUT2D eigenvalue weighted by atomic mass is 35.5. The maximum atomic E-state index is 11.7. The molecule has 3 atom stereocenters. The first-order valence-electron chi connectivity index (χ1n) is 4.97. The van der Waals surface area contributed by atoms with E-state index in [1.54, 1.807) is 0 Å². The van der Waals surface area contributed by atoms with Gasteiger partial charge >= 0.3 is 0 Å². The highest BCUT2D eigenvalue weighted by molar-refractivity contribution is 7.85. The van der Waals surface area contributed by atoms with Gasteiger partial charge in [0.2, 0.25) is 0 Å². The zero-order valence-corrected chi connectivity index (χ0v) is 10.9. The molecule has 0 saturated carbocycles. The highest BCUT2D eigenvalue weighted by Gasteiger charge is 2.22. The van der Waals surface area contributed by atoms with Crippen LogP contribution in [0.1, 0.15) is 18.5 Å². The van der Waals surface area contributed by atoms with Crippen molar-refractivity contribution in [3.8, 4) is 0 Å². The monoisotopic (exact) mass is 263 g/mol. The minimum atomic E-state index is -0.710. The first kappa shape index (κ1) is 11.6. The number of halogens is 1. The molecule has 3 unspecified atom stereocenters. The molecule has 5 heteroatoms. The van der Waals surface area contributed by atoms with E-state index in [1.807, 2.05) is 11.4 Å². The zero-order valence-electron chi connectivity index (χ0n) is 8.53. The van der Waals surface area contributed by atoms with Crippen LogP contribution < -0.4 is 5.32 Å². The van der Waals surface area contributed by atoms with E-state index in [0.717, 1.165) is 16.6 Å². The Balaban J connectivity index is 2.12. The molecule has 0 aromatic carbocycles. The molecule has 1 N–H and O–H groups in total. The fraction of sp³-hybridized carbons (Fsp3) is 0.600. The van der Waals surface area contributed by atoms with Gasteiger partial charge in [-0.15, -0.1) is 11.3 Å². The lowest BCUT2D eigenvalue weighted by Crippen LogP contribution is -2.25. The van der Waals surface area contributed by atoms with Crippen LogP contribution in [-0.4, -0.2) is 22.3 Å². The second kappa shape index (κ2) is 4.95. The minimum absolute atomic E-state index is 0.208. The highest BCUT2D eigenvalue weighted by Crippen LogP contribution is 2.26. The van der Waals surface area contributed by atoms with E-state index < -0.39 is 10.8 Å². The van der Waals surface area contributed by atoms with Gasteiger partial charge in [0.1, 0.15) is 0 Å². The molecule has 1 aliphatic rings.